The van der Waals surface area contributed by atoms with Crippen LogP contribution in [0.5, 0.6) is 0 Å². The third kappa shape index (κ3) is 3.57. The van der Waals surface area contributed by atoms with Crippen LogP contribution >= 0.6 is 0 Å². The van der Waals surface area contributed by atoms with Gasteiger partial charge < -0.3 is 19.7 Å². The molecule has 0 aliphatic carbocycles. The van der Waals surface area contributed by atoms with Crippen molar-refractivity contribution in [1.82, 2.24) is 10.2 Å². The zero-order valence-electron chi connectivity index (χ0n) is 10.5. The molecule has 2 heterocycles. The summed E-state index contributed by atoms with van der Waals surface area (Å²) in [6.07, 6.45) is 3.16. The van der Waals surface area contributed by atoms with Crippen molar-refractivity contribution in [2.45, 2.75) is 38.3 Å². The first-order valence-corrected chi connectivity index (χ1v) is 6.54. The number of carbonyl (C=O) groups is 1. The molecule has 17 heavy (non-hydrogen) atoms. The molecule has 5 nitrogen and oxygen atoms in total. The number of nitrogens with zero attached hydrogens (tertiary/aromatic N) is 1. The lowest BCUT2D eigenvalue weighted by Crippen LogP contribution is -2.49. The number of amides is 2. The fourth-order valence-electron chi connectivity index (χ4n) is 2.38. The lowest BCUT2D eigenvalue weighted by molar-refractivity contribution is 0.0217. The second-order valence-electron chi connectivity index (χ2n) is 4.65. The summed E-state index contributed by atoms with van der Waals surface area (Å²) in [4.78, 5) is 13.8. The average Bonchev–Trinajstić information content (AvgIpc) is 2.83. The van der Waals surface area contributed by atoms with E-state index in [1.165, 1.54) is 0 Å². The summed E-state index contributed by atoms with van der Waals surface area (Å²) < 4.78 is 10.8. The first kappa shape index (κ1) is 12.6. The molecule has 2 fully saturated rings. The second-order valence-corrected chi connectivity index (χ2v) is 4.65. The minimum Gasteiger partial charge on any atom is -0.379 e. The van der Waals surface area contributed by atoms with Crippen molar-refractivity contribution in [2.24, 2.45) is 0 Å². The SMILES string of the molecule is CCOC1CCN(C(=O)NC2CCOC2)CC1. The summed E-state index contributed by atoms with van der Waals surface area (Å²) in [5.41, 5.74) is 0. The van der Waals surface area contributed by atoms with E-state index in [1.54, 1.807) is 0 Å². The molecule has 0 aromatic heterocycles. The van der Waals surface area contributed by atoms with Crippen LogP contribution in [0.25, 0.3) is 0 Å². The number of urea groups is 1. The molecular weight excluding hydrogens is 220 g/mol. The maximum atomic E-state index is 11.9. The molecule has 2 saturated heterocycles. The van der Waals surface area contributed by atoms with Crippen molar-refractivity contribution in [1.29, 1.82) is 0 Å². The van der Waals surface area contributed by atoms with Crippen molar-refractivity contribution in [3.63, 3.8) is 0 Å². The number of ether oxygens (including phenoxy) is 2. The summed E-state index contributed by atoms with van der Waals surface area (Å²) in [5, 5.41) is 3.02. The first-order chi connectivity index (χ1) is 8.29. The molecule has 1 N–H and O–H groups in total. The van der Waals surface area contributed by atoms with E-state index >= 15 is 0 Å². The maximum absolute atomic E-state index is 11.9. The Morgan fingerprint density at radius 1 is 1.41 bits per heavy atom. The molecule has 0 saturated carbocycles. The van der Waals surface area contributed by atoms with E-state index < -0.39 is 0 Å². The Hall–Kier alpha value is -0.810. The van der Waals surface area contributed by atoms with Gasteiger partial charge in [0.15, 0.2) is 0 Å². The largest absolute Gasteiger partial charge is 0.379 e. The summed E-state index contributed by atoms with van der Waals surface area (Å²) >= 11 is 0. The normalized spacial score (nSPS) is 26.2. The Bertz CT molecular complexity index is 246. The highest BCUT2D eigenvalue weighted by Crippen LogP contribution is 2.14. The van der Waals surface area contributed by atoms with E-state index in [1.807, 2.05) is 11.8 Å². The van der Waals surface area contributed by atoms with Gasteiger partial charge in [-0.15, -0.1) is 0 Å². The Morgan fingerprint density at radius 3 is 2.76 bits per heavy atom. The Morgan fingerprint density at radius 2 is 2.18 bits per heavy atom. The highest BCUT2D eigenvalue weighted by molar-refractivity contribution is 5.74. The van der Waals surface area contributed by atoms with Gasteiger partial charge >= 0.3 is 6.03 Å². The van der Waals surface area contributed by atoms with Crippen LogP contribution in [0.15, 0.2) is 0 Å². The van der Waals surface area contributed by atoms with Gasteiger partial charge in [-0.1, -0.05) is 0 Å². The van der Waals surface area contributed by atoms with E-state index in [9.17, 15) is 4.79 Å². The highest BCUT2D eigenvalue weighted by atomic mass is 16.5. The van der Waals surface area contributed by atoms with E-state index in [2.05, 4.69) is 5.32 Å². The molecule has 98 valence electrons. The molecule has 1 atom stereocenters. The van der Waals surface area contributed by atoms with Crippen LogP contribution in [0.2, 0.25) is 0 Å². The van der Waals surface area contributed by atoms with Crippen molar-refractivity contribution in [2.75, 3.05) is 32.9 Å². The summed E-state index contributed by atoms with van der Waals surface area (Å²) in [7, 11) is 0. The minimum atomic E-state index is 0.0513. The summed E-state index contributed by atoms with van der Waals surface area (Å²) in [6.45, 7) is 5.78. The quantitative estimate of drug-likeness (QED) is 0.803. The van der Waals surface area contributed by atoms with Crippen molar-refractivity contribution >= 4 is 6.03 Å². The standard InChI is InChI=1S/C12H22N2O3/c1-2-17-11-3-6-14(7-4-11)12(15)13-10-5-8-16-9-10/h10-11H,2-9H2,1H3,(H,13,15). The first-order valence-electron chi connectivity index (χ1n) is 6.54. The maximum Gasteiger partial charge on any atom is 0.317 e. The Balaban J connectivity index is 1.70. The highest BCUT2D eigenvalue weighted by Gasteiger charge is 2.25. The van der Waals surface area contributed by atoms with Gasteiger partial charge in [-0.2, -0.15) is 0 Å². The van der Waals surface area contributed by atoms with Gasteiger partial charge in [0.2, 0.25) is 0 Å². The number of hydrogen-bond acceptors (Lipinski definition) is 3. The molecule has 0 aromatic carbocycles. The minimum absolute atomic E-state index is 0.0513. The lowest BCUT2D eigenvalue weighted by atomic mass is 10.1. The third-order valence-corrected chi connectivity index (χ3v) is 3.39. The van der Waals surface area contributed by atoms with Crippen LogP contribution in [0.3, 0.4) is 0 Å². The smallest absolute Gasteiger partial charge is 0.317 e. The number of hydrogen-bond donors (Lipinski definition) is 1. The van der Waals surface area contributed by atoms with Gasteiger partial charge in [0.05, 0.1) is 18.8 Å². The molecule has 0 spiro atoms. The van der Waals surface area contributed by atoms with Crippen molar-refractivity contribution in [3.8, 4) is 0 Å². The molecule has 2 aliphatic rings. The topological polar surface area (TPSA) is 50.8 Å². The second kappa shape index (κ2) is 6.21. The zero-order chi connectivity index (χ0) is 12.1. The van der Waals surface area contributed by atoms with Crippen LogP contribution < -0.4 is 5.32 Å². The number of piperidine rings is 1. The third-order valence-electron chi connectivity index (χ3n) is 3.39. The van der Waals surface area contributed by atoms with E-state index in [0.29, 0.717) is 12.7 Å². The fourth-order valence-corrected chi connectivity index (χ4v) is 2.38. The zero-order valence-corrected chi connectivity index (χ0v) is 10.5. The van der Waals surface area contributed by atoms with Crippen LogP contribution in [-0.2, 0) is 9.47 Å². The molecule has 5 heteroatoms. The number of rotatable bonds is 3. The van der Waals surface area contributed by atoms with Gasteiger partial charge in [-0.25, -0.2) is 4.79 Å². The lowest BCUT2D eigenvalue weighted by Gasteiger charge is -2.32. The monoisotopic (exact) mass is 242 g/mol. The Labute approximate surface area is 102 Å². The molecule has 2 aliphatic heterocycles. The summed E-state index contributed by atoms with van der Waals surface area (Å²) in [5.74, 6) is 0. The van der Waals surface area contributed by atoms with Gasteiger partial charge in [-0.05, 0) is 26.2 Å². The van der Waals surface area contributed by atoms with Gasteiger partial charge in [0, 0.05) is 26.3 Å². The molecule has 2 rings (SSSR count). The average molecular weight is 242 g/mol. The molecule has 2 amide bonds. The van der Waals surface area contributed by atoms with Crippen LogP contribution in [0.4, 0.5) is 4.79 Å². The van der Waals surface area contributed by atoms with Gasteiger partial charge in [0.1, 0.15) is 0 Å². The molecule has 0 aromatic rings. The molecule has 0 bridgehead atoms. The number of carbonyl (C=O) groups excluding carboxylic acids is 1. The van der Waals surface area contributed by atoms with Crippen molar-refractivity contribution in [3.05, 3.63) is 0 Å². The van der Waals surface area contributed by atoms with E-state index in [-0.39, 0.29) is 12.1 Å². The fraction of sp³-hybridized carbons (Fsp3) is 0.917. The number of likely N-dealkylation sites (tertiary alicyclic amines) is 1. The Kier molecular flexibility index (Phi) is 4.62. The van der Waals surface area contributed by atoms with Crippen LogP contribution in [-0.4, -0.2) is 56.0 Å². The van der Waals surface area contributed by atoms with Gasteiger partial charge in [-0.3, -0.25) is 0 Å². The van der Waals surface area contributed by atoms with E-state index in [0.717, 1.165) is 45.6 Å². The predicted molar refractivity (Wildman–Crippen MR) is 64.0 cm³/mol. The predicted octanol–water partition coefficient (Wildman–Crippen LogP) is 0.986. The molecule has 0 radical (unpaired) electrons. The molecular formula is C12H22N2O3. The molecule has 1 unspecified atom stereocenters. The van der Waals surface area contributed by atoms with Crippen LogP contribution in [0, 0.1) is 0 Å². The summed E-state index contributed by atoms with van der Waals surface area (Å²) in [6, 6.07) is 0.252. The van der Waals surface area contributed by atoms with Crippen LogP contribution in [0.1, 0.15) is 26.2 Å². The number of nitrogens with one attached hydrogen (secondary N) is 1. The van der Waals surface area contributed by atoms with Crippen molar-refractivity contribution < 1.29 is 14.3 Å². The van der Waals surface area contributed by atoms with Gasteiger partial charge in [0.25, 0.3) is 0 Å². The van der Waals surface area contributed by atoms with E-state index in [4.69, 9.17) is 9.47 Å².